The van der Waals surface area contributed by atoms with E-state index in [9.17, 15) is 0 Å². The van der Waals surface area contributed by atoms with Gasteiger partial charge in [-0.3, -0.25) is 4.99 Å². The van der Waals surface area contributed by atoms with Gasteiger partial charge in [0.05, 0.1) is 5.71 Å². The van der Waals surface area contributed by atoms with Crippen LogP contribution in [0.5, 0.6) is 0 Å². The van der Waals surface area contributed by atoms with E-state index in [4.69, 9.17) is 58.0 Å². The van der Waals surface area contributed by atoms with Gasteiger partial charge < -0.3 is 0 Å². The largest absolute Gasteiger partial charge is 0.286 e. The molecule has 1 aliphatic rings. The fourth-order valence-electron chi connectivity index (χ4n) is 0.960. The summed E-state index contributed by atoms with van der Waals surface area (Å²) in [5, 5.41) is 0. The van der Waals surface area contributed by atoms with Crippen LogP contribution in [0.2, 0.25) is 0 Å². The fourth-order valence-corrected chi connectivity index (χ4v) is 2.42. The van der Waals surface area contributed by atoms with E-state index in [0.717, 1.165) is 0 Å². The van der Waals surface area contributed by atoms with E-state index in [-0.39, 0.29) is 11.6 Å². The first-order valence-electron chi connectivity index (χ1n) is 3.26. The summed E-state index contributed by atoms with van der Waals surface area (Å²) in [5.74, 6) is -0.0218. The highest BCUT2D eigenvalue weighted by atomic mass is 35.6. The molecular formula is C6H6Cl5N. The molecule has 0 aromatic heterocycles. The summed E-state index contributed by atoms with van der Waals surface area (Å²) < 4.78 is -2.75. The summed E-state index contributed by atoms with van der Waals surface area (Å²) >= 11 is 28.8. The number of aliphatic imine (C=N–C) groups is 1. The van der Waals surface area contributed by atoms with E-state index in [1.807, 2.05) is 6.92 Å². The number of hydrogen-bond donors (Lipinski definition) is 0. The minimum atomic E-state index is -1.60. The lowest BCUT2D eigenvalue weighted by molar-refractivity contribution is 0.635. The van der Waals surface area contributed by atoms with Gasteiger partial charge in [0, 0.05) is 12.5 Å². The molecule has 1 aliphatic heterocycles. The SMILES string of the molecule is CC1CN=C(C(Cl)(Cl)Cl)C1(Cl)Cl. The first kappa shape index (κ1) is 11.2. The Morgan fingerprint density at radius 2 is 1.92 bits per heavy atom. The Kier molecular flexibility index (Phi) is 3.13. The van der Waals surface area contributed by atoms with Crippen molar-refractivity contribution >= 4 is 63.7 Å². The van der Waals surface area contributed by atoms with E-state index in [1.54, 1.807) is 0 Å². The highest BCUT2D eigenvalue weighted by Gasteiger charge is 2.50. The third kappa shape index (κ3) is 1.96. The van der Waals surface area contributed by atoms with Crippen molar-refractivity contribution in [1.82, 2.24) is 0 Å². The van der Waals surface area contributed by atoms with Gasteiger partial charge in [-0.05, 0) is 0 Å². The molecule has 12 heavy (non-hydrogen) atoms. The van der Waals surface area contributed by atoms with Crippen LogP contribution in [0, 0.1) is 5.92 Å². The maximum Gasteiger partial charge on any atom is 0.231 e. The van der Waals surface area contributed by atoms with Crippen molar-refractivity contribution in [3.8, 4) is 0 Å². The first-order chi connectivity index (χ1) is 5.26. The van der Waals surface area contributed by atoms with Gasteiger partial charge in [0.2, 0.25) is 3.79 Å². The summed E-state index contributed by atoms with van der Waals surface area (Å²) in [6.07, 6.45) is 0. The van der Waals surface area contributed by atoms with Crippen LogP contribution >= 0.6 is 58.0 Å². The maximum absolute atomic E-state index is 5.95. The Hall–Kier alpha value is 1.12. The number of alkyl halides is 5. The van der Waals surface area contributed by atoms with Crippen molar-refractivity contribution in [2.75, 3.05) is 6.54 Å². The minimum Gasteiger partial charge on any atom is -0.286 e. The van der Waals surface area contributed by atoms with Gasteiger partial charge in [0.1, 0.15) is 0 Å². The second-order valence-electron chi connectivity index (χ2n) is 2.71. The van der Waals surface area contributed by atoms with Gasteiger partial charge in [-0.25, -0.2) is 0 Å². The smallest absolute Gasteiger partial charge is 0.231 e. The van der Waals surface area contributed by atoms with Crippen molar-refractivity contribution in [3.05, 3.63) is 0 Å². The van der Waals surface area contributed by atoms with Crippen molar-refractivity contribution in [1.29, 1.82) is 0 Å². The Morgan fingerprint density at radius 3 is 2.08 bits per heavy atom. The van der Waals surface area contributed by atoms with Crippen molar-refractivity contribution in [2.45, 2.75) is 15.0 Å². The maximum atomic E-state index is 5.95. The molecule has 70 valence electrons. The zero-order valence-corrected chi connectivity index (χ0v) is 9.90. The molecule has 1 rings (SSSR count). The van der Waals surface area contributed by atoms with E-state index >= 15 is 0 Å². The van der Waals surface area contributed by atoms with Gasteiger partial charge in [0.25, 0.3) is 0 Å². The van der Waals surface area contributed by atoms with Crippen LogP contribution in [0.1, 0.15) is 6.92 Å². The molecule has 1 heterocycles. The lowest BCUT2D eigenvalue weighted by Crippen LogP contribution is -2.37. The first-order valence-corrected chi connectivity index (χ1v) is 5.15. The molecule has 0 radical (unpaired) electrons. The monoisotopic (exact) mass is 267 g/mol. The molecule has 0 fully saturated rings. The van der Waals surface area contributed by atoms with Gasteiger partial charge in [-0.2, -0.15) is 0 Å². The van der Waals surface area contributed by atoms with Gasteiger partial charge in [-0.1, -0.05) is 64.9 Å². The summed E-state index contributed by atoms with van der Waals surface area (Å²) in [5.41, 5.74) is 0.218. The van der Waals surface area contributed by atoms with Crippen LogP contribution < -0.4 is 0 Å². The third-order valence-corrected chi connectivity index (χ3v) is 3.37. The number of halogens is 5. The Balaban J connectivity index is 2.95. The minimum absolute atomic E-state index is 0.0218. The van der Waals surface area contributed by atoms with Gasteiger partial charge in [-0.15, -0.1) is 0 Å². The van der Waals surface area contributed by atoms with E-state index in [0.29, 0.717) is 6.54 Å². The van der Waals surface area contributed by atoms with Crippen molar-refractivity contribution in [3.63, 3.8) is 0 Å². The highest BCUT2D eigenvalue weighted by molar-refractivity contribution is 6.81. The van der Waals surface area contributed by atoms with Gasteiger partial charge in [0.15, 0.2) is 4.33 Å². The van der Waals surface area contributed by atoms with Gasteiger partial charge >= 0.3 is 0 Å². The molecule has 1 unspecified atom stereocenters. The quantitative estimate of drug-likeness (QED) is 0.596. The summed E-state index contributed by atoms with van der Waals surface area (Å²) in [6.45, 7) is 2.35. The predicted octanol–water partition coefficient (Wildman–Crippen LogP) is 3.62. The molecule has 0 spiro atoms. The predicted molar refractivity (Wildman–Crippen MR) is 56.2 cm³/mol. The molecule has 1 atom stereocenters. The van der Waals surface area contributed by atoms with Crippen LogP contribution in [0.3, 0.4) is 0 Å². The van der Waals surface area contributed by atoms with Crippen molar-refractivity contribution < 1.29 is 0 Å². The average Bonchev–Trinajstić information content (AvgIpc) is 2.06. The van der Waals surface area contributed by atoms with Crippen LogP contribution in [0.25, 0.3) is 0 Å². The molecule has 0 aliphatic carbocycles. The molecule has 6 heteroatoms. The number of hydrogen-bond acceptors (Lipinski definition) is 1. The van der Waals surface area contributed by atoms with Crippen LogP contribution in [0.15, 0.2) is 4.99 Å². The zero-order valence-electron chi connectivity index (χ0n) is 6.12. The lowest BCUT2D eigenvalue weighted by atomic mass is 10.1. The van der Waals surface area contributed by atoms with Crippen molar-refractivity contribution in [2.24, 2.45) is 10.9 Å². The Labute approximate surface area is 96.0 Å². The Morgan fingerprint density at radius 1 is 1.42 bits per heavy atom. The van der Waals surface area contributed by atoms with E-state index < -0.39 is 8.13 Å². The molecule has 0 N–H and O–H groups in total. The summed E-state index contributed by atoms with van der Waals surface area (Å²) in [7, 11) is 0. The van der Waals surface area contributed by atoms with Crippen LogP contribution in [-0.4, -0.2) is 20.4 Å². The fraction of sp³-hybridized carbons (Fsp3) is 0.833. The number of nitrogens with zero attached hydrogens (tertiary/aromatic N) is 1. The third-order valence-electron chi connectivity index (χ3n) is 1.73. The summed E-state index contributed by atoms with van der Waals surface area (Å²) in [6, 6.07) is 0. The molecule has 1 nitrogen and oxygen atoms in total. The molecule has 0 aromatic rings. The normalized spacial score (nSPS) is 28.8. The summed E-state index contributed by atoms with van der Waals surface area (Å²) in [4.78, 5) is 4.00. The lowest BCUT2D eigenvalue weighted by Gasteiger charge is -2.24. The topological polar surface area (TPSA) is 12.4 Å². The van der Waals surface area contributed by atoms with E-state index in [1.165, 1.54) is 0 Å². The molecule has 0 aromatic carbocycles. The van der Waals surface area contributed by atoms with E-state index in [2.05, 4.69) is 4.99 Å². The second-order valence-corrected chi connectivity index (χ2v) is 6.38. The second kappa shape index (κ2) is 3.36. The highest BCUT2D eigenvalue weighted by Crippen LogP contribution is 2.45. The Bertz CT molecular complexity index is 216. The molecule has 0 saturated carbocycles. The number of rotatable bonds is 0. The van der Waals surface area contributed by atoms with Crippen LogP contribution in [0.4, 0.5) is 0 Å². The zero-order chi connectivity index (χ0) is 9.57. The molecule has 0 bridgehead atoms. The standard InChI is InChI=1S/C6H6Cl5N/c1-3-2-12-4(5(3,7)8)6(9,10)11/h3H,2H2,1H3. The molecule has 0 saturated heterocycles. The molecule has 0 amide bonds. The molecular weight excluding hydrogens is 263 g/mol. The average molecular weight is 269 g/mol. The van der Waals surface area contributed by atoms with Crippen LogP contribution in [-0.2, 0) is 0 Å².